The maximum atomic E-state index is 10.2. The van der Waals surface area contributed by atoms with E-state index in [4.69, 9.17) is 5.26 Å². The Kier molecular flexibility index (Phi) is 5.86. The zero-order valence-corrected chi connectivity index (χ0v) is 10.2. The number of nitrogens with zero attached hydrogens (tertiary/aromatic N) is 2. The van der Waals surface area contributed by atoms with Gasteiger partial charge in [-0.3, -0.25) is 25.5 Å². The molecule has 0 radical (unpaired) electrons. The van der Waals surface area contributed by atoms with E-state index in [9.17, 15) is 20.2 Å². The first kappa shape index (κ1) is 15.9. The van der Waals surface area contributed by atoms with Gasteiger partial charge in [0.25, 0.3) is 0 Å². The lowest BCUT2D eigenvalue weighted by molar-refractivity contribution is -0.422. The number of benzene rings is 1. The minimum absolute atomic E-state index is 0.403. The molecule has 0 unspecified atom stereocenters. The highest BCUT2D eigenvalue weighted by atomic mass is 17.1. The zero-order valence-electron chi connectivity index (χ0n) is 10.2. The highest BCUT2D eigenvalue weighted by molar-refractivity contribution is 5.51. The summed E-state index contributed by atoms with van der Waals surface area (Å²) in [7, 11) is 0. The molecule has 0 aliphatic heterocycles. The molecule has 0 aromatic heterocycles. The number of hydrogen-bond acceptors (Lipinski definition) is 6. The van der Waals surface area contributed by atoms with Gasteiger partial charge in [-0.25, -0.2) is 4.89 Å². The molecule has 0 atom stereocenters. The summed E-state index contributed by atoms with van der Waals surface area (Å²) >= 11 is 0. The summed E-state index contributed by atoms with van der Waals surface area (Å²) in [5, 5.41) is 28.4. The zero-order chi connectivity index (χ0) is 14.3. The van der Waals surface area contributed by atoms with Crippen molar-refractivity contribution in [1.29, 1.82) is 0 Å². The molecule has 0 heterocycles. The van der Waals surface area contributed by atoms with E-state index in [0.29, 0.717) is 0 Å². The quantitative estimate of drug-likeness (QED) is 0.495. The molecular weight excluding hydrogens is 244 g/mol. The average molecular weight is 258 g/mol. The van der Waals surface area contributed by atoms with E-state index >= 15 is 0 Å². The number of nitro groups is 2. The largest absolute Gasteiger partial charge is 0.346 e. The number of rotatable bonds is 2. The Morgan fingerprint density at radius 2 is 1.33 bits per heavy atom. The van der Waals surface area contributed by atoms with Crippen LogP contribution in [0, 0.1) is 20.2 Å². The van der Waals surface area contributed by atoms with Crippen LogP contribution in [-0.2, 0) is 4.89 Å². The Balaban J connectivity index is 0.000000411. The summed E-state index contributed by atoms with van der Waals surface area (Å²) in [6.45, 7) is 5.31. The third kappa shape index (κ3) is 5.87. The molecule has 0 saturated heterocycles. The number of nitro benzene ring substituents is 2. The summed E-state index contributed by atoms with van der Waals surface area (Å²) in [5.41, 5.74) is -1.37. The molecule has 0 amide bonds. The molecule has 8 nitrogen and oxygen atoms in total. The molecule has 0 bridgehead atoms. The molecule has 1 aromatic carbocycles. The molecule has 100 valence electrons. The van der Waals surface area contributed by atoms with E-state index in [1.165, 1.54) is 12.1 Å². The van der Waals surface area contributed by atoms with Crippen LogP contribution in [0.1, 0.15) is 20.8 Å². The van der Waals surface area contributed by atoms with Crippen LogP contribution in [0.3, 0.4) is 0 Å². The van der Waals surface area contributed by atoms with E-state index in [1.807, 2.05) is 0 Å². The lowest BCUT2D eigenvalue weighted by Gasteiger charge is -2.10. The van der Waals surface area contributed by atoms with Crippen molar-refractivity contribution >= 4 is 11.4 Å². The van der Waals surface area contributed by atoms with Crippen molar-refractivity contribution in [2.24, 2.45) is 0 Å². The molecule has 0 spiro atoms. The van der Waals surface area contributed by atoms with Gasteiger partial charge in [-0.1, -0.05) is 12.1 Å². The second-order valence-corrected chi connectivity index (χ2v) is 4.21. The second-order valence-electron chi connectivity index (χ2n) is 4.21. The van der Waals surface area contributed by atoms with Crippen LogP contribution in [0.4, 0.5) is 11.4 Å². The molecular formula is C10H14N2O6. The van der Waals surface area contributed by atoms with Crippen LogP contribution < -0.4 is 0 Å². The second kappa shape index (κ2) is 6.62. The van der Waals surface area contributed by atoms with Crippen molar-refractivity contribution < 1.29 is 20.0 Å². The lowest BCUT2D eigenvalue weighted by atomic mass is 10.2. The average Bonchev–Trinajstić information content (AvgIpc) is 2.28. The molecule has 1 rings (SSSR count). The van der Waals surface area contributed by atoms with Crippen molar-refractivity contribution in [1.82, 2.24) is 0 Å². The SMILES string of the molecule is CC(C)(C)OO.O=[N+]([O-])c1ccccc1[N+](=O)[O-]. The van der Waals surface area contributed by atoms with Crippen LogP contribution in [0.5, 0.6) is 0 Å². The van der Waals surface area contributed by atoms with E-state index < -0.39 is 26.8 Å². The highest BCUT2D eigenvalue weighted by Gasteiger charge is 2.21. The minimum atomic E-state index is -0.780. The Morgan fingerprint density at radius 3 is 1.50 bits per heavy atom. The highest BCUT2D eigenvalue weighted by Crippen LogP contribution is 2.24. The van der Waals surface area contributed by atoms with Gasteiger partial charge in [0.1, 0.15) is 0 Å². The van der Waals surface area contributed by atoms with Crippen molar-refractivity contribution in [2.75, 3.05) is 0 Å². The molecule has 1 aromatic rings. The maximum Gasteiger partial charge on any atom is 0.346 e. The van der Waals surface area contributed by atoms with Crippen LogP contribution in [0.15, 0.2) is 24.3 Å². The fourth-order valence-corrected chi connectivity index (χ4v) is 0.773. The van der Waals surface area contributed by atoms with Gasteiger partial charge in [-0.05, 0) is 20.8 Å². The third-order valence-corrected chi connectivity index (χ3v) is 1.55. The lowest BCUT2D eigenvalue weighted by Crippen LogP contribution is -2.15. The number of hydrogen-bond donors (Lipinski definition) is 1. The standard InChI is InChI=1S/C6H4N2O4.C4H10O2/c9-7(10)5-3-1-2-4-6(5)8(11)12;1-4(2,3)6-5/h1-4H;5H,1-3H3. The summed E-state index contributed by atoms with van der Waals surface area (Å²) < 4.78 is 0. The van der Waals surface area contributed by atoms with Crippen molar-refractivity contribution in [3.8, 4) is 0 Å². The Hall–Kier alpha value is -2.06. The van der Waals surface area contributed by atoms with Gasteiger partial charge in [0.05, 0.1) is 15.4 Å². The van der Waals surface area contributed by atoms with Crippen LogP contribution in [-0.4, -0.2) is 20.7 Å². The first-order chi connectivity index (χ1) is 8.19. The molecule has 0 aliphatic rings. The summed E-state index contributed by atoms with van der Waals surface area (Å²) in [6.07, 6.45) is 0. The summed E-state index contributed by atoms with van der Waals surface area (Å²) in [4.78, 5) is 22.8. The molecule has 8 heteroatoms. The van der Waals surface area contributed by atoms with Gasteiger partial charge in [0, 0.05) is 12.1 Å². The van der Waals surface area contributed by atoms with E-state index in [0.717, 1.165) is 12.1 Å². The Morgan fingerprint density at radius 1 is 1.06 bits per heavy atom. The van der Waals surface area contributed by atoms with Crippen LogP contribution in [0.2, 0.25) is 0 Å². The normalized spacial score (nSPS) is 10.2. The molecule has 1 N–H and O–H groups in total. The topological polar surface area (TPSA) is 116 Å². The third-order valence-electron chi connectivity index (χ3n) is 1.55. The Labute approximate surface area is 103 Å². The minimum Gasteiger partial charge on any atom is -0.258 e. The van der Waals surface area contributed by atoms with Gasteiger partial charge in [-0.2, -0.15) is 0 Å². The first-order valence-electron chi connectivity index (χ1n) is 4.89. The van der Waals surface area contributed by atoms with E-state index in [2.05, 4.69) is 4.89 Å². The Bertz CT molecular complexity index is 394. The van der Waals surface area contributed by atoms with Gasteiger partial charge < -0.3 is 0 Å². The predicted octanol–water partition coefficient (Wildman–Crippen LogP) is 2.78. The first-order valence-corrected chi connectivity index (χ1v) is 4.89. The fourth-order valence-electron chi connectivity index (χ4n) is 0.773. The smallest absolute Gasteiger partial charge is 0.258 e. The van der Waals surface area contributed by atoms with Crippen LogP contribution >= 0.6 is 0 Å². The van der Waals surface area contributed by atoms with Crippen molar-refractivity contribution in [3.05, 3.63) is 44.5 Å². The molecule has 0 aliphatic carbocycles. The van der Waals surface area contributed by atoms with E-state index in [-0.39, 0.29) is 0 Å². The monoisotopic (exact) mass is 258 g/mol. The van der Waals surface area contributed by atoms with Crippen molar-refractivity contribution in [2.45, 2.75) is 26.4 Å². The predicted molar refractivity (Wildman–Crippen MR) is 63.2 cm³/mol. The van der Waals surface area contributed by atoms with Crippen molar-refractivity contribution in [3.63, 3.8) is 0 Å². The van der Waals surface area contributed by atoms with E-state index in [1.54, 1.807) is 20.8 Å². The van der Waals surface area contributed by atoms with Gasteiger partial charge >= 0.3 is 11.4 Å². The molecule has 18 heavy (non-hydrogen) atoms. The van der Waals surface area contributed by atoms with Gasteiger partial charge in [-0.15, -0.1) is 0 Å². The fraction of sp³-hybridized carbons (Fsp3) is 0.400. The summed E-state index contributed by atoms with van der Waals surface area (Å²) in [6, 6.07) is 4.95. The summed E-state index contributed by atoms with van der Waals surface area (Å²) in [5.74, 6) is 0. The number of para-hydroxylation sites is 2. The van der Waals surface area contributed by atoms with Gasteiger partial charge in [0.15, 0.2) is 0 Å². The van der Waals surface area contributed by atoms with Crippen LogP contribution in [0.25, 0.3) is 0 Å². The molecule has 0 fully saturated rings. The maximum absolute atomic E-state index is 10.2. The van der Waals surface area contributed by atoms with Gasteiger partial charge in [0.2, 0.25) is 0 Å². The molecule has 0 saturated carbocycles.